The van der Waals surface area contributed by atoms with Gasteiger partial charge in [-0.05, 0) is 42.0 Å². The Labute approximate surface area is 155 Å². The van der Waals surface area contributed by atoms with Crippen LogP contribution in [-0.4, -0.2) is 36.4 Å². The third-order valence-corrected chi connectivity index (χ3v) is 4.00. The lowest BCUT2D eigenvalue weighted by Gasteiger charge is -2.31. The van der Waals surface area contributed by atoms with Gasteiger partial charge in [0.25, 0.3) is 0 Å². The molecule has 1 unspecified atom stereocenters. The highest BCUT2D eigenvalue weighted by Gasteiger charge is 2.43. The van der Waals surface area contributed by atoms with Crippen LogP contribution in [-0.2, 0) is 15.1 Å². The first-order chi connectivity index (χ1) is 12.8. The van der Waals surface area contributed by atoms with E-state index in [0.717, 1.165) is 0 Å². The lowest BCUT2D eigenvalue weighted by Crippen LogP contribution is -2.45. The molecule has 0 aromatic heterocycles. The average molecular weight is 370 g/mol. The Morgan fingerprint density at radius 2 is 1.63 bits per heavy atom. The number of methoxy groups -OCH3 is 2. The summed E-state index contributed by atoms with van der Waals surface area (Å²) in [6.45, 7) is 0. The number of rotatable bonds is 8. The molecule has 0 saturated heterocycles. The van der Waals surface area contributed by atoms with Crippen LogP contribution in [0.5, 0.6) is 11.5 Å². The topological polar surface area (TPSA) is 129 Å². The zero-order valence-electron chi connectivity index (χ0n) is 14.7. The molecule has 1 atom stereocenters. The van der Waals surface area contributed by atoms with E-state index in [4.69, 9.17) is 14.7 Å². The van der Waals surface area contributed by atoms with Crippen molar-refractivity contribution in [3.8, 4) is 17.6 Å². The summed E-state index contributed by atoms with van der Waals surface area (Å²) >= 11 is 0. The van der Waals surface area contributed by atoms with Gasteiger partial charge in [-0.3, -0.25) is 4.79 Å². The number of benzene rings is 2. The van der Waals surface area contributed by atoms with Crippen LogP contribution < -0.4 is 14.8 Å². The molecule has 0 heterocycles. The SMILES string of the molecule is COc1cc(OC)cc(C(CC(=O)O)(Nc2ccc(C#N)cc2)C(=O)O)c1. The van der Waals surface area contributed by atoms with Crippen LogP contribution in [0, 0.1) is 11.3 Å². The van der Waals surface area contributed by atoms with Crippen LogP contribution in [0.15, 0.2) is 42.5 Å². The monoisotopic (exact) mass is 370 g/mol. The van der Waals surface area contributed by atoms with Gasteiger partial charge in [0.05, 0.1) is 32.3 Å². The van der Waals surface area contributed by atoms with Crippen molar-refractivity contribution >= 4 is 17.6 Å². The smallest absolute Gasteiger partial charge is 0.334 e. The third kappa shape index (κ3) is 4.27. The molecule has 0 saturated carbocycles. The number of hydrogen-bond donors (Lipinski definition) is 3. The summed E-state index contributed by atoms with van der Waals surface area (Å²) in [6, 6.07) is 12.4. The second kappa shape index (κ2) is 8.10. The molecule has 2 aromatic rings. The van der Waals surface area contributed by atoms with Crippen molar-refractivity contribution in [2.45, 2.75) is 12.0 Å². The maximum atomic E-state index is 12.2. The van der Waals surface area contributed by atoms with Gasteiger partial charge in [0.2, 0.25) is 0 Å². The van der Waals surface area contributed by atoms with Crippen LogP contribution >= 0.6 is 0 Å². The Morgan fingerprint density at radius 3 is 2.04 bits per heavy atom. The minimum Gasteiger partial charge on any atom is -0.497 e. The Balaban J connectivity index is 2.63. The van der Waals surface area contributed by atoms with Gasteiger partial charge in [0.1, 0.15) is 11.5 Å². The molecule has 0 spiro atoms. The molecular formula is C19H18N2O6. The van der Waals surface area contributed by atoms with E-state index in [1.807, 2.05) is 6.07 Å². The van der Waals surface area contributed by atoms with E-state index in [2.05, 4.69) is 5.32 Å². The minimum absolute atomic E-state index is 0.151. The number of aliphatic carboxylic acids is 2. The summed E-state index contributed by atoms with van der Waals surface area (Å²) in [5.41, 5.74) is -1.10. The van der Waals surface area contributed by atoms with Gasteiger partial charge >= 0.3 is 11.9 Å². The standard InChI is InChI=1S/C19H18N2O6/c1-26-15-7-13(8-16(9-15)27-2)19(18(24)25,10-17(22)23)21-14-5-3-12(11-20)4-6-14/h3-9,21H,10H2,1-2H3,(H,22,23)(H,24,25). The Kier molecular flexibility index (Phi) is 5.88. The molecule has 27 heavy (non-hydrogen) atoms. The van der Waals surface area contributed by atoms with E-state index in [9.17, 15) is 19.8 Å². The second-order valence-electron chi connectivity index (χ2n) is 5.70. The fourth-order valence-corrected chi connectivity index (χ4v) is 2.63. The molecule has 0 amide bonds. The first kappa shape index (κ1) is 19.6. The van der Waals surface area contributed by atoms with E-state index in [1.165, 1.54) is 50.6 Å². The third-order valence-electron chi connectivity index (χ3n) is 4.00. The van der Waals surface area contributed by atoms with Gasteiger partial charge in [0.15, 0.2) is 5.54 Å². The summed E-state index contributed by atoms with van der Waals surface area (Å²) in [5.74, 6) is -2.05. The van der Waals surface area contributed by atoms with Crippen molar-refractivity contribution in [1.82, 2.24) is 0 Å². The van der Waals surface area contributed by atoms with Crippen LogP contribution in [0.1, 0.15) is 17.5 Å². The fourth-order valence-electron chi connectivity index (χ4n) is 2.63. The molecule has 3 N–H and O–H groups in total. The van der Waals surface area contributed by atoms with Crippen molar-refractivity contribution in [3.05, 3.63) is 53.6 Å². The average Bonchev–Trinajstić information content (AvgIpc) is 2.66. The van der Waals surface area contributed by atoms with Crippen LogP contribution in [0.2, 0.25) is 0 Å². The number of nitriles is 1. The highest BCUT2D eigenvalue weighted by atomic mass is 16.5. The first-order valence-electron chi connectivity index (χ1n) is 7.81. The van der Waals surface area contributed by atoms with Crippen molar-refractivity contribution < 1.29 is 29.3 Å². The summed E-state index contributed by atoms with van der Waals surface area (Å²) in [6.07, 6.45) is -0.737. The predicted octanol–water partition coefficient (Wildman–Crippen LogP) is 2.44. The molecule has 0 fully saturated rings. The molecule has 140 valence electrons. The van der Waals surface area contributed by atoms with Crippen molar-refractivity contribution in [3.63, 3.8) is 0 Å². The first-order valence-corrected chi connectivity index (χ1v) is 7.81. The Hall–Kier alpha value is -3.73. The Bertz CT molecular complexity index is 866. The molecule has 0 aliphatic carbocycles. The number of anilines is 1. The lowest BCUT2D eigenvalue weighted by molar-refractivity contribution is -0.149. The van der Waals surface area contributed by atoms with Crippen LogP contribution in [0.4, 0.5) is 5.69 Å². The van der Waals surface area contributed by atoms with E-state index in [1.54, 1.807) is 6.07 Å². The van der Waals surface area contributed by atoms with Gasteiger partial charge in [-0.15, -0.1) is 0 Å². The highest BCUT2D eigenvalue weighted by Crippen LogP contribution is 2.35. The normalized spacial score (nSPS) is 12.3. The number of carbonyl (C=O) groups is 2. The summed E-state index contributed by atoms with van der Waals surface area (Å²) in [5, 5.41) is 31.0. The predicted molar refractivity (Wildman–Crippen MR) is 95.9 cm³/mol. The zero-order chi connectivity index (χ0) is 20.0. The molecule has 8 heteroatoms. The van der Waals surface area contributed by atoms with Crippen LogP contribution in [0.3, 0.4) is 0 Å². The lowest BCUT2D eigenvalue weighted by atomic mass is 9.85. The zero-order valence-corrected chi connectivity index (χ0v) is 14.7. The molecule has 0 radical (unpaired) electrons. The largest absolute Gasteiger partial charge is 0.497 e. The van der Waals surface area contributed by atoms with Crippen molar-refractivity contribution in [1.29, 1.82) is 5.26 Å². The maximum Gasteiger partial charge on any atom is 0.334 e. The van der Waals surface area contributed by atoms with Gasteiger partial charge < -0.3 is 25.0 Å². The van der Waals surface area contributed by atoms with Crippen LogP contribution in [0.25, 0.3) is 0 Å². The number of carboxylic acids is 2. The summed E-state index contributed by atoms with van der Waals surface area (Å²) in [7, 11) is 2.82. The number of carboxylic acid groups (broad SMARTS) is 2. The van der Waals surface area contributed by atoms with E-state index in [-0.39, 0.29) is 5.56 Å². The van der Waals surface area contributed by atoms with Gasteiger partial charge in [-0.2, -0.15) is 5.26 Å². The summed E-state index contributed by atoms with van der Waals surface area (Å²) in [4.78, 5) is 23.7. The Morgan fingerprint density at radius 1 is 1.07 bits per heavy atom. The molecule has 0 aliphatic heterocycles. The van der Waals surface area contributed by atoms with E-state index >= 15 is 0 Å². The number of nitrogens with one attached hydrogen (secondary N) is 1. The van der Waals surface area contributed by atoms with Crippen molar-refractivity contribution in [2.75, 3.05) is 19.5 Å². The number of ether oxygens (including phenoxy) is 2. The molecule has 0 bridgehead atoms. The number of nitrogens with zero attached hydrogens (tertiary/aromatic N) is 1. The highest BCUT2D eigenvalue weighted by molar-refractivity contribution is 5.90. The molecule has 2 aromatic carbocycles. The molecular weight excluding hydrogens is 352 g/mol. The van der Waals surface area contributed by atoms with E-state index < -0.39 is 23.9 Å². The quantitative estimate of drug-likeness (QED) is 0.646. The summed E-state index contributed by atoms with van der Waals surface area (Å²) < 4.78 is 10.3. The second-order valence-corrected chi connectivity index (χ2v) is 5.70. The van der Waals surface area contributed by atoms with E-state index in [0.29, 0.717) is 22.7 Å². The fraction of sp³-hybridized carbons (Fsp3) is 0.211. The van der Waals surface area contributed by atoms with Gasteiger partial charge in [-0.1, -0.05) is 0 Å². The van der Waals surface area contributed by atoms with Gasteiger partial charge in [-0.25, -0.2) is 4.79 Å². The molecule has 2 rings (SSSR count). The minimum atomic E-state index is -1.98. The molecule has 0 aliphatic rings. The number of hydrogen-bond acceptors (Lipinski definition) is 6. The molecule has 8 nitrogen and oxygen atoms in total. The van der Waals surface area contributed by atoms with Gasteiger partial charge in [0, 0.05) is 11.8 Å². The maximum absolute atomic E-state index is 12.2. The van der Waals surface area contributed by atoms with Crippen molar-refractivity contribution in [2.24, 2.45) is 0 Å².